The number of carbonyl (C=O) groups excluding carboxylic acids is 2. The molecule has 31 heteroatoms. The maximum Gasteiger partial charge on any atom is 0.496 e. The number of aromatic nitrogens is 6. The summed E-state index contributed by atoms with van der Waals surface area (Å²) in [6.45, 7) is 8.10. The zero-order valence-electron chi connectivity index (χ0n) is 50.9. The number of nitrogen functional groups attached to an aromatic ring is 2. The van der Waals surface area contributed by atoms with Crippen LogP contribution in [0.5, 0.6) is 0 Å². The summed E-state index contributed by atoms with van der Waals surface area (Å²) in [4.78, 5) is 78.1. The van der Waals surface area contributed by atoms with Crippen LogP contribution < -0.4 is 38.9 Å². The maximum atomic E-state index is 13.2. The fourth-order valence-electron chi connectivity index (χ4n) is 7.61. The Bertz CT molecular complexity index is 4130. The number of alkyl halides is 1. The fraction of sp³-hybridized carbons (Fsp3) is 0.190. The van der Waals surface area contributed by atoms with Gasteiger partial charge in [0.15, 0.2) is 0 Å². The van der Waals surface area contributed by atoms with E-state index in [2.05, 4.69) is 57.6 Å². The summed E-state index contributed by atoms with van der Waals surface area (Å²) in [7, 11) is 11.6. The average Bonchev–Trinajstić information content (AvgIpc) is 1.63. The third kappa shape index (κ3) is 26.7. The zero-order chi connectivity index (χ0) is 70.2. The number of carboxylic acids is 1. The third-order valence-electron chi connectivity index (χ3n) is 13.0. The number of aryl methyl sites for hydroxylation is 3. The van der Waals surface area contributed by atoms with Gasteiger partial charge in [-0.2, -0.15) is 0 Å². The summed E-state index contributed by atoms with van der Waals surface area (Å²) in [5.74, 6) is -3.63. The second-order valence-corrected chi connectivity index (χ2v) is 24.3. The molecule has 0 bridgehead atoms. The van der Waals surface area contributed by atoms with Crippen molar-refractivity contribution in [3.05, 3.63) is 275 Å². The fourth-order valence-corrected chi connectivity index (χ4v) is 8.05. The Morgan fingerprint density at radius 2 is 0.915 bits per heavy atom. The van der Waals surface area contributed by atoms with E-state index in [0.717, 1.165) is 34.8 Å². The smallest absolute Gasteiger partial charge is 0.478 e. The minimum Gasteiger partial charge on any atom is -0.478 e. The number of aromatic carboxylic acids is 1. The van der Waals surface area contributed by atoms with Crippen molar-refractivity contribution in [1.29, 1.82) is 0 Å². The Morgan fingerprint density at radius 3 is 1.27 bits per heavy atom. The summed E-state index contributed by atoms with van der Waals surface area (Å²) in [6, 6.07) is 28.6. The molecule has 0 radical (unpaired) electrons. The molecule has 1 saturated heterocycles. The number of pyridine rings is 6. The first kappa shape index (κ1) is 77.7. The molecule has 9 aromatic rings. The number of carboxylic acid groups (broad SMARTS) is 1. The average molecular weight is 1450 g/mol. The first-order valence-corrected chi connectivity index (χ1v) is 31.5. The van der Waals surface area contributed by atoms with Crippen LogP contribution in [-0.4, -0.2) is 73.4 Å². The maximum absolute atomic E-state index is 13.2. The van der Waals surface area contributed by atoms with Crippen molar-refractivity contribution in [3.63, 3.8) is 0 Å². The van der Waals surface area contributed by atoms with Crippen molar-refractivity contribution in [2.75, 3.05) is 16.8 Å². The van der Waals surface area contributed by atoms with Gasteiger partial charge in [0, 0.05) is 127 Å². The Hall–Kier alpha value is -8.77. The molecule has 3 aromatic carbocycles. The van der Waals surface area contributed by atoms with Crippen LogP contribution >= 0.6 is 48.9 Å². The Kier molecular flexibility index (Phi) is 30.3. The summed E-state index contributed by atoms with van der Waals surface area (Å²) in [5, 5.41) is 11.0. The van der Waals surface area contributed by atoms with Crippen LogP contribution in [0.2, 0.25) is 0 Å². The van der Waals surface area contributed by atoms with E-state index in [4.69, 9.17) is 41.7 Å². The van der Waals surface area contributed by atoms with Gasteiger partial charge < -0.3 is 44.9 Å². The second kappa shape index (κ2) is 36.6. The van der Waals surface area contributed by atoms with Crippen LogP contribution in [0.15, 0.2) is 179 Å². The lowest BCUT2D eigenvalue weighted by atomic mass is 9.80. The highest BCUT2D eigenvalue weighted by Gasteiger charge is 2.51. The van der Waals surface area contributed by atoms with Crippen LogP contribution in [0.3, 0.4) is 0 Å². The number of carbonyl (C=O) groups is 3. The monoisotopic (exact) mass is 1440 g/mol. The molecule has 1 aliphatic rings. The van der Waals surface area contributed by atoms with E-state index in [-0.39, 0.29) is 40.6 Å². The van der Waals surface area contributed by atoms with Gasteiger partial charge in [-0.3, -0.25) is 24.0 Å². The van der Waals surface area contributed by atoms with Gasteiger partial charge in [-0.1, -0.05) is 34.1 Å². The third-order valence-corrected chi connectivity index (χ3v) is 13.8. The van der Waals surface area contributed by atoms with Crippen LogP contribution in [0.1, 0.15) is 86.6 Å². The first-order valence-electron chi connectivity index (χ1n) is 27.2. The molecule has 0 saturated carbocycles. The molecule has 0 unspecified atom stereocenters. The largest absolute Gasteiger partial charge is 0.496 e. The quantitative estimate of drug-likeness (QED) is 0.0429. The molecule has 7 heterocycles. The lowest BCUT2D eigenvalue weighted by molar-refractivity contribution is 0.00578. The highest BCUT2D eigenvalue weighted by atomic mass is 79.9. The van der Waals surface area contributed by atoms with Crippen LogP contribution in [0, 0.1) is 34.9 Å². The first-order chi connectivity index (χ1) is 44.0. The molecule has 94 heavy (non-hydrogen) atoms. The molecule has 1 aliphatic heterocycles. The van der Waals surface area contributed by atoms with Crippen LogP contribution in [0.25, 0.3) is 0 Å². The number of nitrogens with two attached hydrogens (primary N) is 2. The molecule has 10 rings (SSSR count). The van der Waals surface area contributed by atoms with E-state index < -0.39 is 61.2 Å². The van der Waals surface area contributed by atoms with E-state index in [1.165, 1.54) is 118 Å². The number of amides is 1. The molecule has 0 atom stereocenters. The highest BCUT2D eigenvalue weighted by molar-refractivity contribution is 9.08. The van der Waals surface area contributed by atoms with E-state index in [1.807, 2.05) is 33.8 Å². The van der Waals surface area contributed by atoms with Crippen molar-refractivity contribution in [3.8, 4) is 0 Å². The van der Waals surface area contributed by atoms with Crippen molar-refractivity contribution < 1.29 is 59.4 Å². The molecule has 496 valence electrons. The van der Waals surface area contributed by atoms with Gasteiger partial charge in [0.1, 0.15) is 52.4 Å². The number of halogens is 10. The van der Waals surface area contributed by atoms with Crippen molar-refractivity contribution >= 4 is 105 Å². The van der Waals surface area contributed by atoms with Gasteiger partial charge in [-0.15, -0.1) is 0 Å². The van der Waals surface area contributed by atoms with E-state index in [9.17, 15) is 55.1 Å². The predicted octanol–water partition coefficient (Wildman–Crippen LogP) is 11.1. The number of hydrogen-bond acceptors (Lipinski definition) is 14. The van der Waals surface area contributed by atoms with Crippen molar-refractivity contribution in [2.45, 2.75) is 57.1 Å². The van der Waals surface area contributed by atoms with Gasteiger partial charge in [-0.05, 0) is 153 Å². The lowest BCUT2D eigenvalue weighted by Gasteiger charge is -2.32. The van der Waals surface area contributed by atoms with E-state index in [1.54, 1.807) is 56.8 Å². The van der Waals surface area contributed by atoms with Gasteiger partial charge in [-0.25, -0.2) is 50.3 Å². The molecule has 0 aliphatic carbocycles. The summed E-state index contributed by atoms with van der Waals surface area (Å²) >= 11 is 8.27. The number of benzene rings is 3. The summed E-state index contributed by atoms with van der Waals surface area (Å²) < 4.78 is 102. The van der Waals surface area contributed by atoms with Gasteiger partial charge >= 0.3 is 13.1 Å². The van der Waals surface area contributed by atoms with Gasteiger partial charge in [0.2, 0.25) is 25.9 Å². The summed E-state index contributed by atoms with van der Waals surface area (Å²) in [5.41, 5.74) is 14.7. The predicted molar refractivity (Wildman–Crippen MR) is 355 cm³/mol. The normalized spacial score (nSPS) is 12.2. The Morgan fingerprint density at radius 1 is 0.553 bits per heavy atom. The topological polar surface area (TPSA) is 276 Å². The summed E-state index contributed by atoms with van der Waals surface area (Å²) in [6.07, 6.45) is 9.68. The number of hydrogen-bond donors (Lipinski definition) is 4. The Labute approximate surface area is 560 Å². The lowest BCUT2D eigenvalue weighted by Crippen LogP contribution is -2.41. The molecule has 6 aromatic heterocycles. The second-order valence-electron chi connectivity index (χ2n) is 20.9. The molecular formula is C63H60BBrCl3F6N9O10S. The molecule has 1 amide bonds. The number of anilines is 3. The van der Waals surface area contributed by atoms with Crippen molar-refractivity contribution in [2.24, 2.45) is 21.1 Å². The molecule has 0 spiro atoms. The van der Waals surface area contributed by atoms with Gasteiger partial charge in [0.25, 0.3) is 11.1 Å². The van der Waals surface area contributed by atoms with E-state index in [0.29, 0.717) is 63.4 Å². The molecule has 19 nitrogen and oxygen atoms in total. The standard InChI is InChI=1S/C19H15F2N3O2.C12H10F2N2.C11H17BN2O2.C7H5BrF2.C7H6ClNO2.C7H7NO3.Cl2OS/c1-24-11-14(3-5-18(24)25)19(26)23-17-4-2-12(10-22-17)6-13-7-15(20)9-16(21)8-13;13-10-4-9(5-11(14)6-10)3-8-1-2-12(15)16-7-8;1-10(2)11(3,4)16-12(15-10)8-5-6-9(13)14-7-8;8-4-5-1-6(9)3-7(10)2-5;1-9-4-5(7(8)11)2-3-6(9)10;1-8-4-5(7(10)11)2-3-6(8)9;1-4(2)3/h2-5,7-11H,6H2,1H3,(H,22,23,26);1-2,4-7H,3H2,(H2,15,16);5-7H,1-4H3,(H2,13,14);1-3H,4H2;2-4H,1H3;2-4H,1H3,(H,10,11);. The van der Waals surface area contributed by atoms with Gasteiger partial charge in [0.05, 0.1) is 27.9 Å². The van der Waals surface area contributed by atoms with Crippen LogP contribution in [-0.2, 0) is 57.9 Å². The minimum absolute atomic E-state index is 0.118. The molecular weight excluding hydrogens is 1390 g/mol. The minimum atomic E-state index is -1.67. The SMILES string of the molecule is CC1(C)OB(c2ccc(N)nc2)OC1(C)C.Cn1cc(C(=O)Cl)ccc1=O.Cn1cc(C(=O)Nc2ccc(Cc3cc(F)cc(F)c3)cn2)ccc1=O.Cn1cc(C(=O)O)ccc1=O.Fc1cc(F)cc(CBr)c1.Nc1ccc(Cc2cc(F)cc(F)c2)cn1.O=S(Cl)Cl. The Balaban J connectivity index is 0.000000245. The van der Waals surface area contributed by atoms with Crippen molar-refractivity contribution in [1.82, 2.24) is 28.7 Å². The number of rotatable bonds is 10. The highest BCUT2D eigenvalue weighted by Crippen LogP contribution is 2.36. The van der Waals surface area contributed by atoms with Crippen LogP contribution in [0.4, 0.5) is 43.8 Å². The number of nitrogens with one attached hydrogen (secondary N) is 1. The zero-order valence-corrected chi connectivity index (χ0v) is 55.6. The molecule has 1 fully saturated rings. The number of nitrogens with zero attached hydrogens (tertiary/aromatic N) is 6. The van der Waals surface area contributed by atoms with E-state index >= 15 is 0 Å². The molecule has 6 N–H and O–H groups in total.